The first-order chi connectivity index (χ1) is 13.7. The molecular weight excluding hydrogens is 356 g/mol. The van der Waals surface area contributed by atoms with Gasteiger partial charge in [-0.3, -0.25) is 9.48 Å². The van der Waals surface area contributed by atoms with Gasteiger partial charge in [0.15, 0.2) is 5.58 Å². The Morgan fingerprint density at radius 1 is 1.14 bits per heavy atom. The van der Waals surface area contributed by atoms with Crippen LogP contribution in [0.2, 0.25) is 0 Å². The van der Waals surface area contributed by atoms with Crippen LogP contribution in [-0.2, 0) is 22.7 Å². The number of likely N-dealkylation sites (N-methyl/N-ethyl adjacent to an activating group) is 1. The molecule has 1 N–H and O–H groups in total. The predicted octanol–water partition coefficient (Wildman–Crippen LogP) is 3.25. The van der Waals surface area contributed by atoms with Crippen molar-refractivity contribution >= 4 is 17.0 Å². The Bertz CT molecular complexity index is 1130. The number of ether oxygens (including phenoxy) is 1. The van der Waals surface area contributed by atoms with Gasteiger partial charge in [-0.05, 0) is 35.4 Å². The third kappa shape index (κ3) is 3.65. The lowest BCUT2D eigenvalue weighted by Crippen LogP contribution is -2.23. The average Bonchev–Trinajstić information content (AvgIpc) is 3.34. The summed E-state index contributed by atoms with van der Waals surface area (Å²) in [6.45, 7) is 0.543. The largest absolute Gasteiger partial charge is 0.438 e. The number of carbonyl (C=O) groups excluding carboxylic acids is 1. The van der Waals surface area contributed by atoms with Crippen LogP contribution in [0.5, 0.6) is 0 Å². The van der Waals surface area contributed by atoms with E-state index in [2.05, 4.69) is 21.5 Å². The van der Waals surface area contributed by atoms with Crippen molar-refractivity contribution in [2.24, 2.45) is 0 Å². The van der Waals surface area contributed by atoms with Crippen LogP contribution in [0.25, 0.3) is 33.5 Å². The summed E-state index contributed by atoms with van der Waals surface area (Å²) in [6.07, 6.45) is 1.80. The Kier molecular flexibility index (Phi) is 4.90. The smallest absolute Gasteiger partial charge is 0.241 e. The van der Waals surface area contributed by atoms with E-state index in [1.807, 2.05) is 42.5 Å². The van der Waals surface area contributed by atoms with Gasteiger partial charge in [-0.15, -0.1) is 0 Å². The monoisotopic (exact) mass is 376 g/mol. The molecule has 0 radical (unpaired) electrons. The molecule has 0 saturated heterocycles. The van der Waals surface area contributed by atoms with Gasteiger partial charge < -0.3 is 14.5 Å². The van der Waals surface area contributed by atoms with Crippen LogP contribution in [0.3, 0.4) is 0 Å². The molecule has 0 aliphatic heterocycles. The summed E-state index contributed by atoms with van der Waals surface area (Å²) in [7, 11) is 3.22. The van der Waals surface area contributed by atoms with Crippen molar-refractivity contribution in [2.45, 2.75) is 13.2 Å². The summed E-state index contributed by atoms with van der Waals surface area (Å²) in [5.74, 6) is 0.474. The van der Waals surface area contributed by atoms with E-state index in [-0.39, 0.29) is 12.5 Å². The lowest BCUT2D eigenvalue weighted by molar-refractivity contribution is -0.121. The molecule has 0 bridgehead atoms. The maximum absolute atomic E-state index is 11.5. The lowest BCUT2D eigenvalue weighted by Gasteiger charge is -2.04. The van der Waals surface area contributed by atoms with Crippen molar-refractivity contribution in [3.8, 4) is 22.4 Å². The number of oxazole rings is 1. The molecule has 2 heterocycles. The summed E-state index contributed by atoms with van der Waals surface area (Å²) in [5, 5.41) is 7.09. The van der Waals surface area contributed by atoms with Gasteiger partial charge in [0.25, 0.3) is 0 Å². The second kappa shape index (κ2) is 7.66. The first-order valence-electron chi connectivity index (χ1n) is 8.89. The molecule has 0 fully saturated rings. The van der Waals surface area contributed by atoms with Crippen molar-refractivity contribution in [1.82, 2.24) is 20.1 Å². The van der Waals surface area contributed by atoms with E-state index < -0.39 is 0 Å². The standard InChI is InChI=1S/C21H20N4O3/c1-22-20(26)12-25-9-8-17(24-25)16-5-3-4-14(10-16)15-6-7-19-18(11-15)23-21(28-19)13-27-2/h3-11H,12-13H2,1-2H3,(H,22,26). The highest BCUT2D eigenvalue weighted by Gasteiger charge is 2.09. The van der Waals surface area contributed by atoms with Gasteiger partial charge in [-0.25, -0.2) is 4.98 Å². The van der Waals surface area contributed by atoms with Crippen LogP contribution in [0.15, 0.2) is 59.1 Å². The number of carbonyl (C=O) groups is 1. The molecule has 28 heavy (non-hydrogen) atoms. The van der Waals surface area contributed by atoms with Crippen LogP contribution in [0, 0.1) is 0 Å². The predicted molar refractivity (Wildman–Crippen MR) is 105 cm³/mol. The number of hydrogen-bond acceptors (Lipinski definition) is 5. The molecular formula is C21H20N4O3. The van der Waals surface area contributed by atoms with E-state index in [9.17, 15) is 4.79 Å². The first kappa shape index (κ1) is 17.9. The zero-order chi connectivity index (χ0) is 19.5. The fraction of sp³-hybridized carbons (Fsp3) is 0.190. The average molecular weight is 376 g/mol. The number of fused-ring (bicyclic) bond motifs is 1. The van der Waals surface area contributed by atoms with Crippen LogP contribution < -0.4 is 5.32 Å². The minimum atomic E-state index is -0.0860. The summed E-state index contributed by atoms with van der Waals surface area (Å²) in [6, 6.07) is 15.9. The minimum Gasteiger partial charge on any atom is -0.438 e. The first-order valence-corrected chi connectivity index (χ1v) is 8.89. The fourth-order valence-electron chi connectivity index (χ4n) is 3.03. The maximum atomic E-state index is 11.5. The zero-order valence-electron chi connectivity index (χ0n) is 15.7. The Labute approximate surface area is 161 Å². The molecule has 2 aromatic heterocycles. The molecule has 0 aliphatic rings. The molecule has 0 unspecified atom stereocenters. The van der Waals surface area contributed by atoms with E-state index in [0.29, 0.717) is 12.5 Å². The quantitative estimate of drug-likeness (QED) is 0.559. The van der Waals surface area contributed by atoms with Gasteiger partial charge in [0, 0.05) is 25.9 Å². The van der Waals surface area contributed by atoms with E-state index in [0.717, 1.165) is 33.5 Å². The second-order valence-corrected chi connectivity index (χ2v) is 6.38. The van der Waals surface area contributed by atoms with Crippen LogP contribution >= 0.6 is 0 Å². The molecule has 0 spiro atoms. The highest BCUT2D eigenvalue weighted by molar-refractivity contribution is 5.81. The topological polar surface area (TPSA) is 82.2 Å². The number of nitrogens with zero attached hydrogens (tertiary/aromatic N) is 3. The Hall–Kier alpha value is -3.45. The Balaban J connectivity index is 1.63. The van der Waals surface area contributed by atoms with Gasteiger partial charge in [0.1, 0.15) is 18.7 Å². The van der Waals surface area contributed by atoms with E-state index in [1.165, 1.54) is 0 Å². The number of hydrogen-bond donors (Lipinski definition) is 1. The minimum absolute atomic E-state index is 0.0860. The molecule has 2 aromatic carbocycles. The van der Waals surface area contributed by atoms with Crippen molar-refractivity contribution in [1.29, 1.82) is 0 Å². The van der Waals surface area contributed by atoms with E-state index in [4.69, 9.17) is 9.15 Å². The summed E-state index contributed by atoms with van der Waals surface area (Å²) in [4.78, 5) is 16.0. The molecule has 7 heteroatoms. The normalized spacial score (nSPS) is 11.1. The third-order valence-corrected chi connectivity index (χ3v) is 4.42. The zero-order valence-corrected chi connectivity index (χ0v) is 15.7. The summed E-state index contributed by atoms with van der Waals surface area (Å²) >= 11 is 0. The molecule has 0 atom stereocenters. The third-order valence-electron chi connectivity index (χ3n) is 4.42. The highest BCUT2D eigenvalue weighted by atomic mass is 16.5. The van der Waals surface area contributed by atoms with Crippen LogP contribution in [-0.4, -0.2) is 34.8 Å². The van der Waals surface area contributed by atoms with Gasteiger partial charge in [0.2, 0.25) is 11.8 Å². The van der Waals surface area contributed by atoms with Crippen LogP contribution in [0.4, 0.5) is 0 Å². The highest BCUT2D eigenvalue weighted by Crippen LogP contribution is 2.28. The molecule has 4 aromatic rings. The number of amides is 1. The lowest BCUT2D eigenvalue weighted by atomic mass is 10.0. The van der Waals surface area contributed by atoms with Gasteiger partial charge in [0.05, 0.1) is 5.69 Å². The molecule has 142 valence electrons. The molecule has 4 rings (SSSR count). The number of nitrogens with one attached hydrogen (secondary N) is 1. The van der Waals surface area contributed by atoms with Crippen LogP contribution in [0.1, 0.15) is 5.89 Å². The fourth-order valence-corrected chi connectivity index (χ4v) is 3.03. The van der Waals surface area contributed by atoms with Crippen molar-refractivity contribution < 1.29 is 13.9 Å². The molecule has 1 amide bonds. The van der Waals surface area contributed by atoms with Gasteiger partial charge >= 0.3 is 0 Å². The summed E-state index contributed by atoms with van der Waals surface area (Å²) < 4.78 is 12.4. The Morgan fingerprint density at radius 2 is 1.96 bits per heavy atom. The summed E-state index contributed by atoms with van der Waals surface area (Å²) in [5.41, 5.74) is 5.42. The molecule has 0 saturated carbocycles. The van der Waals surface area contributed by atoms with Crippen molar-refractivity contribution in [3.05, 3.63) is 60.6 Å². The SMILES string of the molecule is CNC(=O)Cn1ccc(-c2cccc(-c3ccc4oc(COC)nc4c3)c2)n1. The Morgan fingerprint density at radius 3 is 2.79 bits per heavy atom. The number of aromatic nitrogens is 3. The molecule has 7 nitrogen and oxygen atoms in total. The maximum Gasteiger partial charge on any atom is 0.241 e. The number of methoxy groups -OCH3 is 1. The number of rotatable bonds is 6. The van der Waals surface area contributed by atoms with Gasteiger partial charge in [-0.1, -0.05) is 24.3 Å². The van der Waals surface area contributed by atoms with E-state index >= 15 is 0 Å². The number of benzene rings is 2. The second-order valence-electron chi connectivity index (χ2n) is 6.38. The van der Waals surface area contributed by atoms with Crippen molar-refractivity contribution in [2.75, 3.05) is 14.2 Å². The molecule has 0 aliphatic carbocycles. The van der Waals surface area contributed by atoms with Gasteiger partial charge in [-0.2, -0.15) is 5.10 Å². The van der Waals surface area contributed by atoms with E-state index in [1.54, 1.807) is 25.0 Å². The van der Waals surface area contributed by atoms with Crippen molar-refractivity contribution in [3.63, 3.8) is 0 Å².